The number of rotatable bonds is 6. The van der Waals surface area contributed by atoms with Gasteiger partial charge >= 0.3 is 0 Å². The lowest BCUT2D eigenvalue weighted by atomic mass is 10.1. The van der Waals surface area contributed by atoms with Crippen LogP contribution in [0.1, 0.15) is 33.5 Å². The molecule has 3 aromatic rings. The molecule has 0 spiro atoms. The number of carbonyl (C=O) groups excluding carboxylic acids is 2. The lowest BCUT2D eigenvalue weighted by molar-refractivity contribution is -0.116. The number of thiophene rings is 1. The number of hydrogen-bond acceptors (Lipinski definition) is 6. The quantitative estimate of drug-likeness (QED) is 0.629. The molecule has 1 N–H and O–H groups in total. The minimum absolute atomic E-state index is 0.0801. The van der Waals surface area contributed by atoms with Gasteiger partial charge in [-0.25, -0.2) is 4.98 Å². The molecule has 0 saturated heterocycles. The highest BCUT2D eigenvalue weighted by molar-refractivity contribution is 7.18. The smallest absolute Gasteiger partial charge is 0.263 e. The predicted molar refractivity (Wildman–Crippen MR) is 116 cm³/mol. The molecule has 3 rings (SSSR count). The Morgan fingerprint density at radius 3 is 2.62 bits per heavy atom. The van der Waals surface area contributed by atoms with Crippen LogP contribution in [-0.2, 0) is 17.9 Å². The lowest BCUT2D eigenvalue weighted by Crippen LogP contribution is -2.32. The van der Waals surface area contributed by atoms with Gasteiger partial charge < -0.3 is 10.2 Å². The standard InChI is InChI=1S/C21H24N4O3S/c1-12-14(3)29-20-19(12)21(28)25(17(23-20)10-24(4)5)11-18(27)22-16-8-6-7-15(9-16)13(2)26/h6-9H,10-11H2,1-5H3,(H,22,27). The summed E-state index contributed by atoms with van der Waals surface area (Å²) in [5.74, 6) is 0.114. The number of nitrogens with one attached hydrogen (secondary N) is 1. The van der Waals surface area contributed by atoms with Crippen molar-refractivity contribution < 1.29 is 9.59 Å². The van der Waals surface area contributed by atoms with Gasteiger partial charge in [-0.05, 0) is 52.6 Å². The molecular formula is C21H24N4O3S. The summed E-state index contributed by atoms with van der Waals surface area (Å²) in [7, 11) is 3.78. The number of anilines is 1. The summed E-state index contributed by atoms with van der Waals surface area (Å²) < 4.78 is 1.44. The predicted octanol–water partition coefficient (Wildman–Crippen LogP) is 2.98. The minimum Gasteiger partial charge on any atom is -0.325 e. The average Bonchev–Trinajstić information content (AvgIpc) is 2.92. The van der Waals surface area contributed by atoms with Gasteiger partial charge in [-0.3, -0.25) is 19.0 Å². The van der Waals surface area contributed by atoms with Gasteiger partial charge in [0.2, 0.25) is 5.91 Å². The highest BCUT2D eigenvalue weighted by Gasteiger charge is 2.18. The molecule has 7 nitrogen and oxygen atoms in total. The molecule has 0 radical (unpaired) electrons. The largest absolute Gasteiger partial charge is 0.325 e. The van der Waals surface area contributed by atoms with Crippen LogP contribution < -0.4 is 10.9 Å². The molecule has 1 amide bonds. The third-order valence-corrected chi connectivity index (χ3v) is 5.78. The topological polar surface area (TPSA) is 84.3 Å². The third-order valence-electron chi connectivity index (χ3n) is 4.68. The summed E-state index contributed by atoms with van der Waals surface area (Å²) in [6.45, 7) is 5.63. The number of fused-ring (bicyclic) bond motifs is 1. The van der Waals surface area contributed by atoms with E-state index in [0.29, 0.717) is 33.8 Å². The molecule has 0 aliphatic carbocycles. The molecule has 0 aliphatic heterocycles. The molecule has 29 heavy (non-hydrogen) atoms. The maximum atomic E-state index is 13.2. The Morgan fingerprint density at radius 1 is 1.24 bits per heavy atom. The number of ketones is 1. The number of benzene rings is 1. The molecule has 0 atom stereocenters. The first-order valence-electron chi connectivity index (χ1n) is 9.22. The molecule has 2 aromatic heterocycles. The Hall–Kier alpha value is -2.84. The van der Waals surface area contributed by atoms with Gasteiger partial charge in [0.1, 0.15) is 17.2 Å². The molecule has 0 aliphatic rings. The number of amides is 1. The molecular weight excluding hydrogens is 388 g/mol. The maximum absolute atomic E-state index is 13.2. The van der Waals surface area contributed by atoms with Crippen molar-refractivity contribution in [3.8, 4) is 0 Å². The Balaban J connectivity index is 1.97. The number of nitrogens with zero attached hydrogens (tertiary/aromatic N) is 3. The first-order chi connectivity index (χ1) is 13.7. The maximum Gasteiger partial charge on any atom is 0.263 e. The summed E-state index contributed by atoms with van der Waals surface area (Å²) in [5, 5.41) is 3.34. The zero-order valence-corrected chi connectivity index (χ0v) is 18.0. The Morgan fingerprint density at radius 2 is 1.97 bits per heavy atom. The van der Waals surface area contributed by atoms with Crippen LogP contribution in [0.5, 0.6) is 0 Å². The average molecular weight is 413 g/mol. The van der Waals surface area contributed by atoms with Crippen molar-refractivity contribution in [2.45, 2.75) is 33.9 Å². The van der Waals surface area contributed by atoms with Crippen molar-refractivity contribution in [1.29, 1.82) is 0 Å². The van der Waals surface area contributed by atoms with E-state index in [1.165, 1.54) is 22.8 Å². The van der Waals surface area contributed by atoms with Gasteiger partial charge in [-0.2, -0.15) is 0 Å². The van der Waals surface area contributed by atoms with Crippen molar-refractivity contribution >= 4 is 38.9 Å². The van der Waals surface area contributed by atoms with E-state index in [4.69, 9.17) is 0 Å². The number of aromatic nitrogens is 2. The number of aryl methyl sites for hydroxylation is 2. The van der Waals surface area contributed by atoms with E-state index in [0.717, 1.165) is 10.4 Å². The highest BCUT2D eigenvalue weighted by Crippen LogP contribution is 2.26. The summed E-state index contributed by atoms with van der Waals surface area (Å²) in [6.07, 6.45) is 0. The molecule has 0 bridgehead atoms. The molecule has 8 heteroatoms. The minimum atomic E-state index is -0.349. The van der Waals surface area contributed by atoms with E-state index < -0.39 is 0 Å². The van der Waals surface area contributed by atoms with Crippen molar-refractivity contribution in [1.82, 2.24) is 14.5 Å². The van der Waals surface area contributed by atoms with Crippen molar-refractivity contribution in [3.63, 3.8) is 0 Å². The zero-order valence-electron chi connectivity index (χ0n) is 17.2. The fourth-order valence-corrected chi connectivity index (χ4v) is 4.13. The van der Waals surface area contributed by atoms with E-state index in [-0.39, 0.29) is 23.8 Å². The Kier molecular flexibility index (Phi) is 5.95. The van der Waals surface area contributed by atoms with Crippen molar-refractivity contribution in [3.05, 3.63) is 56.4 Å². The molecule has 0 saturated carbocycles. The third kappa shape index (κ3) is 4.44. The van der Waals surface area contributed by atoms with Crippen LogP contribution in [0.15, 0.2) is 29.1 Å². The van der Waals surface area contributed by atoms with Crippen LogP contribution in [-0.4, -0.2) is 40.2 Å². The second kappa shape index (κ2) is 8.26. The van der Waals surface area contributed by atoms with Gasteiger partial charge in [0.15, 0.2) is 5.78 Å². The van der Waals surface area contributed by atoms with Crippen molar-refractivity contribution in [2.75, 3.05) is 19.4 Å². The van der Waals surface area contributed by atoms with Gasteiger partial charge in [-0.15, -0.1) is 11.3 Å². The summed E-state index contributed by atoms with van der Waals surface area (Å²) in [6, 6.07) is 6.73. The highest BCUT2D eigenvalue weighted by atomic mass is 32.1. The van der Waals surface area contributed by atoms with E-state index in [9.17, 15) is 14.4 Å². The van der Waals surface area contributed by atoms with E-state index in [1.54, 1.807) is 24.3 Å². The van der Waals surface area contributed by atoms with Crippen LogP contribution in [0.25, 0.3) is 10.2 Å². The second-order valence-corrected chi connectivity index (χ2v) is 8.51. The van der Waals surface area contributed by atoms with Crippen LogP contribution in [0, 0.1) is 13.8 Å². The van der Waals surface area contributed by atoms with Crippen LogP contribution in [0.4, 0.5) is 5.69 Å². The Labute approximate surface area is 173 Å². The van der Waals surface area contributed by atoms with E-state index in [1.807, 2.05) is 32.8 Å². The van der Waals surface area contributed by atoms with Crippen LogP contribution in [0.2, 0.25) is 0 Å². The van der Waals surface area contributed by atoms with Crippen molar-refractivity contribution in [2.24, 2.45) is 0 Å². The lowest BCUT2D eigenvalue weighted by Gasteiger charge is -2.16. The fraction of sp³-hybridized carbons (Fsp3) is 0.333. The molecule has 152 valence electrons. The summed E-state index contributed by atoms with van der Waals surface area (Å²) >= 11 is 1.49. The zero-order chi connectivity index (χ0) is 21.3. The first-order valence-corrected chi connectivity index (χ1v) is 10.0. The number of carbonyl (C=O) groups is 2. The SMILES string of the molecule is CC(=O)c1cccc(NC(=O)Cn2c(CN(C)C)nc3sc(C)c(C)c3c2=O)c1. The van der Waals surface area contributed by atoms with Crippen LogP contribution >= 0.6 is 11.3 Å². The monoisotopic (exact) mass is 412 g/mol. The van der Waals surface area contributed by atoms with E-state index in [2.05, 4.69) is 10.3 Å². The molecule has 1 aromatic carbocycles. The summed E-state index contributed by atoms with van der Waals surface area (Å²) in [5.41, 5.74) is 1.73. The first kappa shape index (κ1) is 20.9. The second-order valence-electron chi connectivity index (χ2n) is 7.31. The Bertz CT molecular complexity index is 1160. The number of Topliss-reactive ketones (excluding diaryl/α,β-unsaturated/α-hetero) is 1. The van der Waals surface area contributed by atoms with Gasteiger partial charge in [0, 0.05) is 16.1 Å². The fourth-order valence-electron chi connectivity index (χ4n) is 3.10. The van der Waals surface area contributed by atoms with E-state index >= 15 is 0 Å². The molecule has 0 fully saturated rings. The van der Waals surface area contributed by atoms with Gasteiger partial charge in [0.25, 0.3) is 5.56 Å². The summed E-state index contributed by atoms with van der Waals surface area (Å²) in [4.78, 5) is 45.7. The number of hydrogen-bond donors (Lipinski definition) is 1. The molecule has 0 unspecified atom stereocenters. The normalized spacial score (nSPS) is 11.2. The van der Waals surface area contributed by atoms with Crippen LogP contribution in [0.3, 0.4) is 0 Å². The molecule has 2 heterocycles. The van der Waals surface area contributed by atoms with Gasteiger partial charge in [0.05, 0.1) is 11.9 Å². The van der Waals surface area contributed by atoms with Gasteiger partial charge in [-0.1, -0.05) is 12.1 Å².